The summed E-state index contributed by atoms with van der Waals surface area (Å²) in [5.41, 5.74) is 1.02. The maximum atomic E-state index is 12.2. The van der Waals surface area contributed by atoms with Gasteiger partial charge >= 0.3 is 0 Å². The predicted molar refractivity (Wildman–Crippen MR) is 78.1 cm³/mol. The molecule has 19 heavy (non-hydrogen) atoms. The molecule has 2 aromatic rings. The largest absolute Gasteiger partial charge is 0.336 e. The number of carbonyl (C=O) groups excluding carboxylic acids is 1. The molecule has 3 nitrogen and oxygen atoms in total. The zero-order valence-electron chi connectivity index (χ0n) is 11.5. The van der Waals surface area contributed by atoms with Crippen LogP contribution in [0.15, 0.2) is 24.3 Å². The standard InChI is InChI=1S/C15H18N2OS/c1-9-8-11(9)15(18)17(3)10(2)14-16-12-6-4-5-7-13(12)19-14/h4-7,9-11H,8H2,1-3H3/t9-,10-,11-/m1/s1. The van der Waals surface area contributed by atoms with Crippen molar-refractivity contribution in [3.05, 3.63) is 29.3 Å². The lowest BCUT2D eigenvalue weighted by Crippen LogP contribution is -2.31. The third-order valence-corrected chi connectivity index (χ3v) is 5.23. The maximum Gasteiger partial charge on any atom is 0.226 e. The van der Waals surface area contributed by atoms with Gasteiger partial charge in [0, 0.05) is 13.0 Å². The molecule has 1 heterocycles. The van der Waals surface area contributed by atoms with Gasteiger partial charge in [0.2, 0.25) is 5.91 Å². The Morgan fingerprint density at radius 3 is 2.79 bits per heavy atom. The zero-order chi connectivity index (χ0) is 13.6. The van der Waals surface area contributed by atoms with E-state index in [0.717, 1.165) is 16.9 Å². The topological polar surface area (TPSA) is 33.2 Å². The van der Waals surface area contributed by atoms with Crippen LogP contribution in [0.2, 0.25) is 0 Å². The molecule has 1 aromatic carbocycles. The highest BCUT2D eigenvalue weighted by atomic mass is 32.1. The fourth-order valence-electron chi connectivity index (χ4n) is 2.35. The molecular weight excluding hydrogens is 256 g/mol. The third kappa shape index (κ3) is 2.25. The van der Waals surface area contributed by atoms with Crippen molar-refractivity contribution in [1.29, 1.82) is 0 Å². The molecule has 0 N–H and O–H groups in total. The molecule has 0 aliphatic heterocycles. The first-order valence-corrected chi connectivity index (χ1v) is 7.51. The van der Waals surface area contributed by atoms with Crippen molar-refractivity contribution in [2.45, 2.75) is 26.3 Å². The molecule has 1 aromatic heterocycles. The number of nitrogens with zero attached hydrogens (tertiary/aromatic N) is 2. The molecule has 1 fully saturated rings. The molecule has 0 unspecified atom stereocenters. The summed E-state index contributed by atoms with van der Waals surface area (Å²) in [7, 11) is 1.89. The number of thiazole rings is 1. The number of rotatable bonds is 3. The number of hydrogen-bond acceptors (Lipinski definition) is 3. The van der Waals surface area contributed by atoms with Gasteiger partial charge in [-0.2, -0.15) is 0 Å². The first kappa shape index (κ1) is 12.6. The molecule has 4 heteroatoms. The molecule has 1 saturated carbocycles. The number of hydrogen-bond donors (Lipinski definition) is 0. The average Bonchev–Trinajstić information content (AvgIpc) is 2.99. The highest BCUT2D eigenvalue weighted by Crippen LogP contribution is 2.40. The monoisotopic (exact) mass is 274 g/mol. The van der Waals surface area contributed by atoms with Crippen LogP contribution in [0.3, 0.4) is 0 Å². The van der Waals surface area contributed by atoms with E-state index in [0.29, 0.717) is 5.92 Å². The minimum absolute atomic E-state index is 0.0534. The fraction of sp³-hybridized carbons (Fsp3) is 0.467. The lowest BCUT2D eigenvalue weighted by atomic mass is 10.2. The van der Waals surface area contributed by atoms with Gasteiger partial charge in [-0.1, -0.05) is 19.1 Å². The van der Waals surface area contributed by atoms with Gasteiger partial charge in [-0.25, -0.2) is 4.98 Å². The molecule has 3 atom stereocenters. The Morgan fingerprint density at radius 2 is 2.16 bits per heavy atom. The number of para-hydroxylation sites is 1. The summed E-state index contributed by atoms with van der Waals surface area (Å²) >= 11 is 1.68. The SMILES string of the molecule is C[C@@H]1C[C@H]1C(=O)N(C)[C@H](C)c1nc2ccccc2s1. The normalized spacial score (nSPS) is 23.3. The van der Waals surface area contributed by atoms with Gasteiger partial charge in [0.25, 0.3) is 0 Å². The summed E-state index contributed by atoms with van der Waals surface area (Å²) in [6.45, 7) is 4.20. The van der Waals surface area contributed by atoms with Gasteiger partial charge in [-0.15, -0.1) is 11.3 Å². The molecule has 1 amide bonds. The van der Waals surface area contributed by atoms with Gasteiger partial charge in [0.1, 0.15) is 5.01 Å². The summed E-state index contributed by atoms with van der Waals surface area (Å²) in [5.74, 6) is 1.05. The molecule has 1 aliphatic rings. The predicted octanol–water partition coefficient (Wildman–Crippen LogP) is 3.47. The molecule has 3 rings (SSSR count). The number of carbonyl (C=O) groups is 1. The Balaban J connectivity index is 1.82. The van der Waals surface area contributed by atoms with E-state index in [2.05, 4.69) is 24.9 Å². The van der Waals surface area contributed by atoms with Gasteiger partial charge in [0.05, 0.1) is 16.3 Å². The van der Waals surface area contributed by atoms with Crippen molar-refractivity contribution in [3.63, 3.8) is 0 Å². The highest BCUT2D eigenvalue weighted by molar-refractivity contribution is 7.18. The summed E-state index contributed by atoms with van der Waals surface area (Å²) in [6.07, 6.45) is 1.04. The lowest BCUT2D eigenvalue weighted by molar-refractivity contribution is -0.133. The fourth-order valence-corrected chi connectivity index (χ4v) is 3.42. The Morgan fingerprint density at radius 1 is 1.47 bits per heavy atom. The quantitative estimate of drug-likeness (QED) is 0.858. The van der Waals surface area contributed by atoms with Gasteiger partial charge in [-0.05, 0) is 31.4 Å². The van der Waals surface area contributed by atoms with Gasteiger partial charge < -0.3 is 4.90 Å². The number of amides is 1. The first-order valence-electron chi connectivity index (χ1n) is 6.70. The molecule has 0 saturated heterocycles. The van der Waals surface area contributed by atoms with Crippen LogP contribution in [-0.4, -0.2) is 22.8 Å². The van der Waals surface area contributed by atoms with E-state index in [1.807, 2.05) is 30.1 Å². The molecule has 0 radical (unpaired) electrons. The van der Waals surface area contributed by atoms with Crippen molar-refractivity contribution >= 4 is 27.5 Å². The highest BCUT2D eigenvalue weighted by Gasteiger charge is 2.41. The van der Waals surface area contributed by atoms with Crippen LogP contribution in [0.1, 0.15) is 31.3 Å². The van der Waals surface area contributed by atoms with Crippen molar-refractivity contribution in [2.75, 3.05) is 7.05 Å². The molecular formula is C15H18N2OS. The van der Waals surface area contributed by atoms with Gasteiger partial charge in [0.15, 0.2) is 0 Å². The Labute approximate surface area is 117 Å². The van der Waals surface area contributed by atoms with Crippen LogP contribution in [0.25, 0.3) is 10.2 Å². The molecule has 0 bridgehead atoms. The van der Waals surface area contributed by atoms with Crippen molar-refractivity contribution in [1.82, 2.24) is 9.88 Å². The van der Waals surface area contributed by atoms with E-state index in [4.69, 9.17) is 0 Å². The molecule has 100 valence electrons. The average molecular weight is 274 g/mol. The van der Waals surface area contributed by atoms with Crippen molar-refractivity contribution in [3.8, 4) is 0 Å². The second-order valence-corrected chi connectivity index (χ2v) is 6.53. The van der Waals surface area contributed by atoms with E-state index in [9.17, 15) is 4.79 Å². The summed E-state index contributed by atoms with van der Waals surface area (Å²) in [4.78, 5) is 18.7. The first-order chi connectivity index (χ1) is 9.08. The Bertz CT molecular complexity index is 588. The number of benzene rings is 1. The van der Waals surface area contributed by atoms with E-state index >= 15 is 0 Å². The minimum atomic E-state index is 0.0534. The summed E-state index contributed by atoms with van der Waals surface area (Å²) in [5, 5.41) is 1.02. The third-order valence-electron chi connectivity index (χ3n) is 4.02. The number of aromatic nitrogens is 1. The van der Waals surface area contributed by atoms with E-state index < -0.39 is 0 Å². The smallest absolute Gasteiger partial charge is 0.226 e. The Hall–Kier alpha value is -1.42. The second-order valence-electron chi connectivity index (χ2n) is 5.46. The van der Waals surface area contributed by atoms with E-state index in [-0.39, 0.29) is 17.9 Å². The maximum absolute atomic E-state index is 12.2. The minimum Gasteiger partial charge on any atom is -0.336 e. The van der Waals surface area contributed by atoms with Crippen LogP contribution >= 0.6 is 11.3 Å². The van der Waals surface area contributed by atoms with Crippen LogP contribution in [0, 0.1) is 11.8 Å². The summed E-state index contributed by atoms with van der Waals surface area (Å²) in [6, 6.07) is 8.17. The van der Waals surface area contributed by atoms with Crippen molar-refractivity contribution < 1.29 is 4.79 Å². The van der Waals surface area contributed by atoms with Gasteiger partial charge in [-0.3, -0.25) is 4.79 Å². The lowest BCUT2D eigenvalue weighted by Gasteiger charge is -2.23. The summed E-state index contributed by atoms with van der Waals surface area (Å²) < 4.78 is 1.19. The Kier molecular flexibility index (Phi) is 3.05. The zero-order valence-corrected chi connectivity index (χ0v) is 12.3. The van der Waals surface area contributed by atoms with Crippen LogP contribution in [0.5, 0.6) is 0 Å². The van der Waals surface area contributed by atoms with Crippen LogP contribution in [0.4, 0.5) is 0 Å². The second kappa shape index (κ2) is 4.60. The number of fused-ring (bicyclic) bond motifs is 1. The molecule has 1 aliphatic carbocycles. The van der Waals surface area contributed by atoms with Crippen LogP contribution < -0.4 is 0 Å². The van der Waals surface area contributed by atoms with Crippen molar-refractivity contribution in [2.24, 2.45) is 11.8 Å². The molecule has 0 spiro atoms. The van der Waals surface area contributed by atoms with E-state index in [1.54, 1.807) is 11.3 Å². The van der Waals surface area contributed by atoms with Crippen LogP contribution in [-0.2, 0) is 4.79 Å². The van der Waals surface area contributed by atoms with E-state index in [1.165, 1.54) is 4.70 Å².